The Morgan fingerprint density at radius 2 is 0.648 bits per heavy atom. The van der Waals surface area contributed by atoms with E-state index in [1.54, 1.807) is 0 Å². The van der Waals surface area contributed by atoms with Crippen LogP contribution in [0.1, 0.15) is 19.8 Å². The first kappa shape index (κ1) is 45.0. The lowest BCUT2D eigenvalue weighted by Gasteiger charge is -2.42. The molecule has 0 N–H and O–H groups in total. The van der Waals surface area contributed by atoms with Gasteiger partial charge in [0.2, 0.25) is 42.4 Å². The number of hydrogen-bond acceptors (Lipinski definition) is 5. The molecular formula is C30H27F15O5Si4. The highest BCUT2D eigenvalue weighted by Crippen LogP contribution is 2.33. The predicted molar refractivity (Wildman–Crippen MR) is 169 cm³/mol. The van der Waals surface area contributed by atoms with E-state index in [4.69, 9.17) is 16.8 Å². The molecule has 0 saturated carbocycles. The molecule has 298 valence electrons. The van der Waals surface area contributed by atoms with Gasteiger partial charge in [0.1, 0.15) is 0 Å². The average Bonchev–Trinajstić information content (AvgIpc) is 3.05. The fourth-order valence-corrected chi connectivity index (χ4v) is 20.3. The zero-order valence-electron chi connectivity index (χ0n) is 28.8. The van der Waals surface area contributed by atoms with Crippen LogP contribution < -0.4 is 15.6 Å². The summed E-state index contributed by atoms with van der Waals surface area (Å²) in [5.74, 6) is -40.1. The molecular weight excluding hydrogens is 838 g/mol. The molecule has 3 rings (SSSR count). The molecule has 0 aromatic heterocycles. The summed E-state index contributed by atoms with van der Waals surface area (Å²) in [6, 6.07) is 0. The lowest BCUT2D eigenvalue weighted by Crippen LogP contribution is -2.71. The first-order chi connectivity index (χ1) is 24.5. The molecule has 0 amide bonds. The number of rotatable bonds is 13. The van der Waals surface area contributed by atoms with Gasteiger partial charge in [0.15, 0.2) is 69.8 Å². The molecule has 0 heterocycles. The summed E-state index contributed by atoms with van der Waals surface area (Å²) in [5, 5.41) is -5.26. The van der Waals surface area contributed by atoms with Gasteiger partial charge in [0.25, 0.3) is 0 Å². The van der Waals surface area contributed by atoms with Crippen molar-refractivity contribution in [2.45, 2.75) is 59.0 Å². The van der Waals surface area contributed by atoms with Crippen LogP contribution in [0.25, 0.3) is 0 Å². The Morgan fingerprint density at radius 1 is 0.444 bits per heavy atom. The molecule has 0 bridgehead atoms. The van der Waals surface area contributed by atoms with Gasteiger partial charge < -0.3 is 16.8 Å². The Morgan fingerprint density at radius 3 is 0.852 bits per heavy atom. The lowest BCUT2D eigenvalue weighted by atomic mass is 10.2. The molecule has 3 aromatic rings. The van der Waals surface area contributed by atoms with Gasteiger partial charge in [-0.3, -0.25) is 0 Å². The van der Waals surface area contributed by atoms with E-state index in [2.05, 4.69) is 6.58 Å². The third-order valence-electron chi connectivity index (χ3n) is 7.63. The quantitative estimate of drug-likeness (QED) is 0.0578. The van der Waals surface area contributed by atoms with Gasteiger partial charge in [0, 0.05) is 21.1 Å². The second-order valence-electron chi connectivity index (χ2n) is 12.9. The molecule has 0 fully saturated rings. The van der Waals surface area contributed by atoms with Gasteiger partial charge in [-0.25, -0.2) is 70.7 Å². The minimum Gasteiger partial charge on any atom is -0.450 e. The summed E-state index contributed by atoms with van der Waals surface area (Å²) in [7, 11) is -21.9. The van der Waals surface area contributed by atoms with Crippen LogP contribution in [0.5, 0.6) is 0 Å². The molecule has 0 aliphatic carbocycles. The van der Waals surface area contributed by atoms with Crippen LogP contribution in [0.15, 0.2) is 12.2 Å². The van der Waals surface area contributed by atoms with Crippen LogP contribution in [0, 0.1) is 87.3 Å². The molecule has 0 aliphatic heterocycles. The Hall–Kier alpha value is -3.43. The van der Waals surface area contributed by atoms with Crippen molar-refractivity contribution in [2.24, 2.45) is 0 Å². The van der Waals surface area contributed by atoms with E-state index in [-0.39, 0.29) is 12.8 Å². The maximum atomic E-state index is 15.3. The fourth-order valence-electron chi connectivity index (χ4n) is 5.21. The van der Waals surface area contributed by atoms with Gasteiger partial charge in [-0.15, -0.1) is 0 Å². The highest BCUT2D eigenvalue weighted by Gasteiger charge is 2.63. The van der Waals surface area contributed by atoms with Crippen LogP contribution in [0.4, 0.5) is 65.9 Å². The monoisotopic (exact) mass is 864 g/mol. The summed E-state index contributed by atoms with van der Waals surface area (Å²) in [4.78, 5) is 13.4. The Balaban J connectivity index is 2.54. The molecule has 0 atom stereocenters. The Labute approximate surface area is 301 Å². The van der Waals surface area contributed by atoms with Crippen molar-refractivity contribution in [1.82, 2.24) is 0 Å². The smallest absolute Gasteiger partial charge is 0.450 e. The fraction of sp³-hybridized carbons (Fsp3) is 0.300. The number of benzene rings is 3. The van der Waals surface area contributed by atoms with Crippen molar-refractivity contribution in [3.8, 4) is 0 Å². The molecule has 0 spiro atoms. The standard InChI is InChI=1S/C30H27F15O5Si4/c1-9-10-11(2)30(46)47-54(48-51(3,4)27-21(40)15(34)12(31)16(35)22(27)41,49-52(5,6)28-23(42)17(36)13(32)18(37)24(28)43)50-53(7,8)29-25(44)19(38)14(33)20(39)26(29)45/h2,9-10H2,1,3-8H3. The Kier molecular flexibility index (Phi) is 13.0. The van der Waals surface area contributed by atoms with Crippen LogP contribution >= 0.6 is 0 Å². The first-order valence-corrected chi connectivity index (χ1v) is 25.4. The minimum absolute atomic E-state index is 0.117. The molecule has 0 saturated heterocycles. The molecule has 0 unspecified atom stereocenters. The molecule has 5 nitrogen and oxygen atoms in total. The highest BCUT2D eigenvalue weighted by atomic mass is 28.5. The molecule has 24 heteroatoms. The molecule has 54 heavy (non-hydrogen) atoms. The van der Waals surface area contributed by atoms with Gasteiger partial charge in [-0.05, 0) is 45.7 Å². The van der Waals surface area contributed by atoms with E-state index < -0.39 is 148 Å². The van der Waals surface area contributed by atoms with E-state index in [0.29, 0.717) is 39.3 Å². The minimum atomic E-state index is -6.43. The maximum Gasteiger partial charge on any atom is 0.720 e. The van der Waals surface area contributed by atoms with Crippen LogP contribution in [0.2, 0.25) is 39.3 Å². The summed E-state index contributed by atoms with van der Waals surface area (Å²) >= 11 is 0. The molecule has 0 aliphatic rings. The number of hydrogen-bond donors (Lipinski definition) is 0. The van der Waals surface area contributed by atoms with Crippen molar-refractivity contribution in [2.75, 3.05) is 0 Å². The predicted octanol–water partition coefficient (Wildman–Crippen LogP) is 7.79. The lowest BCUT2D eigenvalue weighted by molar-refractivity contribution is -0.135. The molecule has 0 radical (unpaired) electrons. The van der Waals surface area contributed by atoms with Gasteiger partial charge in [-0.2, -0.15) is 0 Å². The van der Waals surface area contributed by atoms with E-state index in [1.807, 2.05) is 0 Å². The number of halogens is 15. The van der Waals surface area contributed by atoms with Crippen LogP contribution in [-0.4, -0.2) is 40.0 Å². The maximum absolute atomic E-state index is 15.3. The van der Waals surface area contributed by atoms with Gasteiger partial charge >= 0.3 is 15.0 Å². The van der Waals surface area contributed by atoms with Gasteiger partial charge in [-0.1, -0.05) is 19.9 Å². The second kappa shape index (κ2) is 15.6. The number of carbonyl (C=O) groups is 1. The van der Waals surface area contributed by atoms with Crippen molar-refractivity contribution >= 4 is 55.5 Å². The van der Waals surface area contributed by atoms with Crippen LogP contribution in [0.3, 0.4) is 0 Å². The summed E-state index contributed by atoms with van der Waals surface area (Å²) in [6.45, 7) is 8.78. The van der Waals surface area contributed by atoms with Crippen molar-refractivity contribution < 1.29 is 87.4 Å². The van der Waals surface area contributed by atoms with Crippen molar-refractivity contribution in [3.63, 3.8) is 0 Å². The highest BCUT2D eigenvalue weighted by molar-refractivity contribution is 6.97. The summed E-state index contributed by atoms with van der Waals surface area (Å²) in [5.41, 5.74) is -0.549. The molecule has 3 aromatic carbocycles. The third-order valence-corrected chi connectivity index (χ3v) is 22.1. The first-order valence-electron chi connectivity index (χ1n) is 15.1. The van der Waals surface area contributed by atoms with Gasteiger partial charge in [0.05, 0.1) is 0 Å². The van der Waals surface area contributed by atoms with E-state index in [1.165, 1.54) is 6.92 Å². The van der Waals surface area contributed by atoms with E-state index in [0.717, 1.165) is 0 Å². The summed E-state index contributed by atoms with van der Waals surface area (Å²) < 4.78 is 243. The second-order valence-corrected chi connectivity index (χ2v) is 27.1. The third kappa shape index (κ3) is 8.09. The SMILES string of the molecule is C=C(CCC)C(=O)O[Si](O[Si](C)(C)c1c(F)c(F)c(F)c(F)c1F)(O[Si](C)(C)c1c(F)c(F)c(F)c(F)c1F)O[Si](C)(C)c1c(F)c(F)c(F)c(F)c1F. The number of carbonyl (C=O) groups excluding carboxylic acids is 1. The topological polar surface area (TPSA) is 54.0 Å². The average molecular weight is 865 g/mol. The Bertz CT molecular complexity index is 1760. The van der Waals surface area contributed by atoms with E-state index >= 15 is 26.3 Å². The normalized spacial score (nSPS) is 12.8. The summed E-state index contributed by atoms with van der Waals surface area (Å²) in [6.07, 6.45) is -0.149. The zero-order chi connectivity index (χ0) is 41.8. The van der Waals surface area contributed by atoms with Crippen molar-refractivity contribution in [3.05, 3.63) is 99.4 Å². The van der Waals surface area contributed by atoms with Crippen molar-refractivity contribution in [1.29, 1.82) is 0 Å². The van der Waals surface area contributed by atoms with E-state index in [9.17, 15) is 44.3 Å². The van der Waals surface area contributed by atoms with Crippen LogP contribution in [-0.2, 0) is 21.6 Å². The zero-order valence-corrected chi connectivity index (χ0v) is 32.8. The largest absolute Gasteiger partial charge is 0.720 e.